The van der Waals surface area contributed by atoms with Crippen LogP contribution >= 0.6 is 12.4 Å². The minimum atomic E-state index is -3.78. The van der Waals surface area contributed by atoms with Gasteiger partial charge in [0.1, 0.15) is 9.74 Å². The third kappa shape index (κ3) is 4.36. The molecule has 0 aromatic heterocycles. The van der Waals surface area contributed by atoms with Crippen molar-refractivity contribution in [3.63, 3.8) is 0 Å². The Labute approximate surface area is 150 Å². The monoisotopic (exact) mass is 368 g/mol. The standard InChI is InChI=1S/C18H24N2O2S.ClH/c1-17(19,13-15-9-5-3-6-10-15)23(21,22)18(2,20)14-16-11-7-4-8-12-16;/h3-12H,13-14,19-20H2,1-2H3;1H/t17-,18-;/m0./s1. The normalized spacial score (nSPS) is 16.5. The highest BCUT2D eigenvalue weighted by Crippen LogP contribution is 2.28. The summed E-state index contributed by atoms with van der Waals surface area (Å²) < 4.78 is 26.1. The molecule has 0 saturated heterocycles. The molecule has 0 amide bonds. The molecule has 2 rings (SSSR count). The third-order valence-corrected chi connectivity index (χ3v) is 6.77. The van der Waals surface area contributed by atoms with Gasteiger partial charge in [0.2, 0.25) is 0 Å². The highest BCUT2D eigenvalue weighted by molar-refractivity contribution is 7.94. The van der Waals surface area contributed by atoms with Gasteiger partial charge in [-0.1, -0.05) is 60.7 Å². The topological polar surface area (TPSA) is 86.2 Å². The fraction of sp³-hybridized carbons (Fsp3) is 0.333. The third-order valence-electron chi connectivity index (χ3n) is 4.02. The van der Waals surface area contributed by atoms with Gasteiger partial charge in [0.25, 0.3) is 0 Å². The van der Waals surface area contributed by atoms with Crippen molar-refractivity contribution in [3.8, 4) is 0 Å². The summed E-state index contributed by atoms with van der Waals surface area (Å²) in [5.41, 5.74) is 14.1. The van der Waals surface area contributed by atoms with Gasteiger partial charge in [-0.05, 0) is 25.0 Å². The van der Waals surface area contributed by atoms with Gasteiger partial charge >= 0.3 is 0 Å². The summed E-state index contributed by atoms with van der Waals surface area (Å²) in [6.45, 7) is 3.07. The lowest BCUT2D eigenvalue weighted by Gasteiger charge is -2.35. The maximum Gasteiger partial charge on any atom is 0.187 e. The number of rotatable bonds is 6. The quantitative estimate of drug-likeness (QED) is 0.820. The average Bonchev–Trinajstić information content (AvgIpc) is 2.48. The fourth-order valence-electron chi connectivity index (χ4n) is 2.72. The molecule has 0 spiro atoms. The Balaban J connectivity index is 0.00000288. The zero-order valence-electron chi connectivity index (χ0n) is 14.0. The van der Waals surface area contributed by atoms with Gasteiger partial charge in [-0.3, -0.25) is 0 Å². The van der Waals surface area contributed by atoms with Gasteiger partial charge in [-0.15, -0.1) is 12.4 Å². The molecule has 24 heavy (non-hydrogen) atoms. The molecule has 2 atom stereocenters. The molecule has 0 heterocycles. The summed E-state index contributed by atoms with van der Waals surface area (Å²) in [7, 11) is -3.78. The number of benzene rings is 2. The highest BCUT2D eigenvalue weighted by Gasteiger charge is 2.47. The van der Waals surface area contributed by atoms with Crippen LogP contribution < -0.4 is 11.5 Å². The van der Waals surface area contributed by atoms with E-state index in [1.54, 1.807) is 0 Å². The summed E-state index contributed by atoms with van der Waals surface area (Å²) in [5, 5.41) is 0. The van der Waals surface area contributed by atoms with E-state index in [1.165, 1.54) is 13.8 Å². The molecule has 0 aliphatic carbocycles. The maximum atomic E-state index is 13.0. The van der Waals surface area contributed by atoms with Crippen LogP contribution in [0.2, 0.25) is 0 Å². The van der Waals surface area contributed by atoms with Crippen molar-refractivity contribution >= 4 is 22.2 Å². The van der Waals surface area contributed by atoms with Crippen molar-refractivity contribution in [3.05, 3.63) is 71.8 Å². The van der Waals surface area contributed by atoms with Gasteiger partial charge in [0.15, 0.2) is 9.84 Å². The van der Waals surface area contributed by atoms with E-state index >= 15 is 0 Å². The molecular formula is C18H25ClN2O2S. The molecule has 0 radical (unpaired) electrons. The molecule has 0 aliphatic heterocycles. The second kappa shape index (κ2) is 7.66. The largest absolute Gasteiger partial charge is 0.312 e. The highest BCUT2D eigenvalue weighted by atomic mass is 35.5. The summed E-state index contributed by atoms with van der Waals surface area (Å²) in [6.07, 6.45) is 0.440. The average molecular weight is 369 g/mol. The Morgan fingerprint density at radius 2 is 1.04 bits per heavy atom. The zero-order chi connectivity index (χ0) is 17.1. The van der Waals surface area contributed by atoms with E-state index in [1.807, 2.05) is 60.7 Å². The maximum absolute atomic E-state index is 13.0. The van der Waals surface area contributed by atoms with Crippen LogP contribution in [0, 0.1) is 0 Å². The molecule has 2 aromatic carbocycles. The minimum Gasteiger partial charge on any atom is -0.312 e. The molecule has 4 nitrogen and oxygen atoms in total. The van der Waals surface area contributed by atoms with E-state index in [9.17, 15) is 8.42 Å². The van der Waals surface area contributed by atoms with Gasteiger partial charge in [0.05, 0.1) is 0 Å². The molecule has 0 saturated carbocycles. The lowest BCUT2D eigenvalue weighted by Crippen LogP contribution is -2.60. The molecular weight excluding hydrogens is 344 g/mol. The summed E-state index contributed by atoms with van der Waals surface area (Å²) in [6, 6.07) is 18.7. The van der Waals surface area contributed by atoms with Gasteiger partial charge in [0, 0.05) is 12.8 Å². The number of hydrogen-bond donors (Lipinski definition) is 2. The molecule has 0 bridgehead atoms. The van der Waals surface area contributed by atoms with Gasteiger partial charge in [-0.2, -0.15) is 0 Å². The summed E-state index contributed by atoms with van der Waals surface area (Å²) >= 11 is 0. The van der Waals surface area contributed by atoms with E-state index in [2.05, 4.69) is 0 Å². The smallest absolute Gasteiger partial charge is 0.187 e. The lowest BCUT2D eigenvalue weighted by molar-refractivity contribution is 0.482. The van der Waals surface area contributed by atoms with Crippen molar-refractivity contribution in [1.82, 2.24) is 0 Å². The summed E-state index contributed by atoms with van der Waals surface area (Å²) in [4.78, 5) is -2.88. The molecule has 0 aliphatic rings. The Hall–Kier alpha value is -1.40. The molecule has 6 heteroatoms. The van der Waals surface area contributed by atoms with Crippen LogP contribution in [0.15, 0.2) is 60.7 Å². The molecule has 2 aromatic rings. The van der Waals surface area contributed by atoms with Crippen LogP contribution in [0.3, 0.4) is 0 Å². The fourth-order valence-corrected chi connectivity index (χ4v) is 4.50. The first-order chi connectivity index (χ1) is 10.7. The number of nitrogens with two attached hydrogens (primary N) is 2. The van der Waals surface area contributed by atoms with Crippen LogP contribution in [0.4, 0.5) is 0 Å². The van der Waals surface area contributed by atoms with Crippen molar-refractivity contribution in [1.29, 1.82) is 0 Å². The van der Waals surface area contributed by atoms with Crippen LogP contribution in [0.25, 0.3) is 0 Å². The van der Waals surface area contributed by atoms with Crippen molar-refractivity contribution in [2.45, 2.75) is 36.4 Å². The van der Waals surface area contributed by atoms with E-state index in [4.69, 9.17) is 11.5 Å². The van der Waals surface area contributed by atoms with Crippen LogP contribution in [-0.2, 0) is 22.7 Å². The zero-order valence-corrected chi connectivity index (χ0v) is 15.6. The van der Waals surface area contributed by atoms with E-state index < -0.39 is 19.6 Å². The van der Waals surface area contributed by atoms with Crippen molar-refractivity contribution in [2.75, 3.05) is 0 Å². The number of halogens is 1. The first kappa shape index (κ1) is 20.6. The number of hydrogen-bond acceptors (Lipinski definition) is 4. The van der Waals surface area contributed by atoms with Crippen molar-refractivity contribution < 1.29 is 8.42 Å². The Bertz CT molecular complexity index is 686. The van der Waals surface area contributed by atoms with Gasteiger partial charge in [-0.25, -0.2) is 8.42 Å². The van der Waals surface area contributed by atoms with Crippen LogP contribution in [0.5, 0.6) is 0 Å². The first-order valence-corrected chi connectivity index (χ1v) is 9.04. The predicted molar refractivity (Wildman–Crippen MR) is 102 cm³/mol. The molecule has 132 valence electrons. The Kier molecular flexibility index (Phi) is 6.59. The SMILES string of the molecule is C[C@@](N)(Cc1ccccc1)S(=O)(=O)[C@](C)(N)Cc1ccccc1.Cl. The number of sulfone groups is 1. The second-order valence-corrected chi connectivity index (χ2v) is 9.33. The minimum absolute atomic E-state index is 0. The van der Waals surface area contributed by atoms with Crippen LogP contribution in [-0.4, -0.2) is 18.2 Å². The molecule has 0 fully saturated rings. The van der Waals surface area contributed by atoms with Gasteiger partial charge < -0.3 is 11.5 Å². The first-order valence-electron chi connectivity index (χ1n) is 7.55. The van der Waals surface area contributed by atoms with E-state index in [0.29, 0.717) is 0 Å². The van der Waals surface area contributed by atoms with E-state index in [-0.39, 0.29) is 25.2 Å². The lowest BCUT2D eigenvalue weighted by atomic mass is 10.1. The van der Waals surface area contributed by atoms with Crippen LogP contribution in [0.1, 0.15) is 25.0 Å². The molecule has 4 N–H and O–H groups in total. The Morgan fingerprint density at radius 1 is 0.750 bits per heavy atom. The Morgan fingerprint density at radius 3 is 1.33 bits per heavy atom. The van der Waals surface area contributed by atoms with Crippen molar-refractivity contribution in [2.24, 2.45) is 11.5 Å². The molecule has 0 unspecified atom stereocenters. The second-order valence-electron chi connectivity index (χ2n) is 6.45. The van der Waals surface area contributed by atoms with E-state index in [0.717, 1.165) is 11.1 Å². The summed E-state index contributed by atoms with van der Waals surface area (Å²) in [5.74, 6) is 0. The predicted octanol–water partition coefficient (Wildman–Crippen LogP) is 2.66.